The lowest BCUT2D eigenvalue weighted by atomic mass is 9.87. The summed E-state index contributed by atoms with van der Waals surface area (Å²) in [7, 11) is 0.957. The summed E-state index contributed by atoms with van der Waals surface area (Å²) in [5.41, 5.74) is 0. The van der Waals surface area contributed by atoms with Crippen molar-refractivity contribution in [2.75, 3.05) is 13.7 Å². The van der Waals surface area contributed by atoms with Crippen LogP contribution in [0.4, 0.5) is 0 Å². The Morgan fingerprint density at radius 1 is 0.868 bits per heavy atom. The molecule has 0 aromatic heterocycles. The third-order valence-electron chi connectivity index (χ3n) is 4.87. The Kier molecular flexibility index (Phi) is 12.1. The van der Waals surface area contributed by atoms with Crippen molar-refractivity contribution in [2.24, 2.45) is 0 Å². The van der Waals surface area contributed by atoms with E-state index in [4.69, 9.17) is 33.2 Å². The van der Waals surface area contributed by atoms with Gasteiger partial charge in [0.2, 0.25) is 5.91 Å². The first-order valence-electron chi connectivity index (χ1n) is 11.1. The zero-order valence-corrected chi connectivity index (χ0v) is 23.4. The van der Waals surface area contributed by atoms with E-state index in [9.17, 15) is 33.6 Å². The van der Waals surface area contributed by atoms with Crippen molar-refractivity contribution >= 4 is 57.7 Å². The number of nitrogens with one attached hydrogen (secondary N) is 1. The topological polar surface area (TPSA) is 196 Å². The first-order valence-corrected chi connectivity index (χ1v) is 12.0. The Morgan fingerprint density at radius 2 is 1.45 bits per heavy atom. The summed E-state index contributed by atoms with van der Waals surface area (Å²) in [5.74, 6) is -9.14. The minimum absolute atomic E-state index is 0.658. The van der Waals surface area contributed by atoms with Crippen molar-refractivity contribution in [1.82, 2.24) is 5.32 Å². The van der Waals surface area contributed by atoms with Crippen molar-refractivity contribution in [3.63, 3.8) is 0 Å². The molecule has 0 saturated carbocycles. The summed E-state index contributed by atoms with van der Waals surface area (Å²) < 4.78 is 36.9. The lowest BCUT2D eigenvalue weighted by Gasteiger charge is -2.50. The maximum absolute atomic E-state index is 13.0. The Bertz CT molecular complexity index is 954. The van der Waals surface area contributed by atoms with Crippen LogP contribution in [-0.4, -0.2) is 96.5 Å². The number of carbonyl (C=O) groups excluding carboxylic acids is 7. The van der Waals surface area contributed by atoms with Gasteiger partial charge < -0.3 is 38.5 Å². The quantitative estimate of drug-likeness (QED) is 0.187. The van der Waals surface area contributed by atoms with Crippen LogP contribution in [0, 0.1) is 0 Å². The van der Waals surface area contributed by atoms with Crippen LogP contribution >= 0.6 is 15.9 Å². The van der Waals surface area contributed by atoms with Gasteiger partial charge in [-0.2, -0.15) is 0 Å². The van der Waals surface area contributed by atoms with Crippen LogP contribution in [0.3, 0.4) is 0 Å². The fourth-order valence-electron chi connectivity index (χ4n) is 3.71. The van der Waals surface area contributed by atoms with Gasteiger partial charge in [0.05, 0.1) is 13.2 Å². The molecule has 0 spiro atoms. The van der Waals surface area contributed by atoms with Gasteiger partial charge in [-0.25, -0.2) is 4.79 Å². The number of carbonyl (C=O) groups is 7. The summed E-state index contributed by atoms with van der Waals surface area (Å²) in [6.45, 7) is 5.53. The van der Waals surface area contributed by atoms with Gasteiger partial charge in [-0.05, 0) is 0 Å². The number of hydrogen-bond acceptors (Lipinski definition) is 14. The van der Waals surface area contributed by atoms with Gasteiger partial charge in [0.25, 0.3) is 0 Å². The molecule has 0 radical (unpaired) electrons. The SMILES string of the molecule is COC(=O)[C@]1(OC(C)=O)O[C@@H]([C@H](OC(C)=O)[C@@H](COC(C)=O)OC(C)=O)[C@H](NC(C)=O)[C@@H](OC(C)=O)[C@@H]1Br. The second kappa shape index (κ2) is 14.0. The predicted molar refractivity (Wildman–Crippen MR) is 125 cm³/mol. The fourth-order valence-corrected chi connectivity index (χ4v) is 4.54. The molecule has 1 heterocycles. The molecular weight excluding hydrogens is 582 g/mol. The molecule has 214 valence electrons. The molecule has 0 aliphatic carbocycles. The van der Waals surface area contributed by atoms with E-state index in [-0.39, 0.29) is 0 Å². The molecule has 1 amide bonds. The van der Waals surface area contributed by atoms with Crippen molar-refractivity contribution in [2.45, 2.75) is 82.6 Å². The Balaban J connectivity index is 3.93. The molecule has 1 N–H and O–H groups in total. The highest BCUT2D eigenvalue weighted by Gasteiger charge is 2.65. The minimum atomic E-state index is -2.67. The lowest BCUT2D eigenvalue weighted by Crippen LogP contribution is -2.74. The largest absolute Gasteiger partial charge is 0.464 e. The molecule has 16 heteroatoms. The van der Waals surface area contributed by atoms with Crippen LogP contribution in [0.15, 0.2) is 0 Å². The van der Waals surface area contributed by atoms with E-state index in [1.807, 2.05) is 0 Å². The second-order valence-electron chi connectivity index (χ2n) is 8.06. The van der Waals surface area contributed by atoms with Crippen molar-refractivity contribution in [3.05, 3.63) is 0 Å². The van der Waals surface area contributed by atoms with Crippen LogP contribution in [0.5, 0.6) is 0 Å². The van der Waals surface area contributed by atoms with Gasteiger partial charge in [0.1, 0.15) is 23.6 Å². The van der Waals surface area contributed by atoms with E-state index in [2.05, 4.69) is 21.2 Å². The van der Waals surface area contributed by atoms with Gasteiger partial charge in [-0.3, -0.25) is 28.8 Å². The third-order valence-corrected chi connectivity index (χ3v) is 5.99. The molecule has 0 unspecified atom stereocenters. The first kappa shape index (κ1) is 32.8. The van der Waals surface area contributed by atoms with Crippen molar-refractivity contribution < 1.29 is 66.7 Å². The molecule has 15 nitrogen and oxygen atoms in total. The summed E-state index contributed by atoms with van der Waals surface area (Å²) in [6, 6.07) is -1.42. The van der Waals surface area contributed by atoms with Gasteiger partial charge >= 0.3 is 41.6 Å². The van der Waals surface area contributed by atoms with Gasteiger partial charge in [0, 0.05) is 41.5 Å². The average Bonchev–Trinajstić information content (AvgIpc) is 2.77. The Labute approximate surface area is 226 Å². The zero-order valence-electron chi connectivity index (χ0n) is 21.8. The lowest BCUT2D eigenvalue weighted by molar-refractivity contribution is -0.299. The van der Waals surface area contributed by atoms with Gasteiger partial charge in [-0.15, -0.1) is 0 Å². The molecule has 7 atom stereocenters. The molecular formula is C22H30BrNO14. The molecule has 38 heavy (non-hydrogen) atoms. The van der Waals surface area contributed by atoms with Crippen LogP contribution in [0.2, 0.25) is 0 Å². The highest BCUT2D eigenvalue weighted by atomic mass is 79.9. The first-order chi connectivity index (χ1) is 17.5. The maximum Gasteiger partial charge on any atom is 0.380 e. The molecule has 0 aromatic rings. The summed E-state index contributed by atoms with van der Waals surface area (Å²) in [4.78, 5) is 83.3. The molecule has 1 saturated heterocycles. The number of ether oxygens (including phenoxy) is 7. The molecule has 1 aliphatic heterocycles. The number of methoxy groups -OCH3 is 1. The highest BCUT2D eigenvalue weighted by Crippen LogP contribution is 2.41. The molecule has 1 rings (SSSR count). The van der Waals surface area contributed by atoms with Crippen LogP contribution in [0.25, 0.3) is 0 Å². The van der Waals surface area contributed by atoms with E-state index < -0.39 is 89.4 Å². The zero-order chi connectivity index (χ0) is 29.4. The minimum Gasteiger partial charge on any atom is -0.464 e. The number of amides is 1. The summed E-state index contributed by atoms with van der Waals surface area (Å²) in [5, 5.41) is 2.49. The molecule has 0 bridgehead atoms. The fraction of sp³-hybridized carbons (Fsp3) is 0.682. The van der Waals surface area contributed by atoms with Gasteiger partial charge in [-0.1, -0.05) is 15.9 Å². The number of rotatable bonds is 10. The van der Waals surface area contributed by atoms with Gasteiger partial charge in [0.15, 0.2) is 12.2 Å². The van der Waals surface area contributed by atoms with E-state index in [0.717, 1.165) is 48.7 Å². The normalized spacial score (nSPS) is 26.0. The van der Waals surface area contributed by atoms with Crippen LogP contribution < -0.4 is 5.32 Å². The highest BCUT2D eigenvalue weighted by molar-refractivity contribution is 9.09. The predicted octanol–water partition coefficient (Wildman–Crippen LogP) is -0.556. The van der Waals surface area contributed by atoms with E-state index in [0.29, 0.717) is 0 Å². The Hall–Kier alpha value is -3.27. The van der Waals surface area contributed by atoms with E-state index in [1.54, 1.807) is 0 Å². The maximum atomic E-state index is 13.0. The summed E-state index contributed by atoms with van der Waals surface area (Å²) >= 11 is 3.17. The van der Waals surface area contributed by atoms with Crippen LogP contribution in [0.1, 0.15) is 41.5 Å². The smallest absolute Gasteiger partial charge is 0.380 e. The van der Waals surface area contributed by atoms with Crippen molar-refractivity contribution in [3.8, 4) is 0 Å². The van der Waals surface area contributed by atoms with E-state index in [1.165, 1.54) is 0 Å². The average molecular weight is 612 g/mol. The van der Waals surface area contributed by atoms with E-state index >= 15 is 0 Å². The third kappa shape index (κ3) is 8.65. The molecule has 1 fully saturated rings. The number of hydrogen-bond donors (Lipinski definition) is 1. The van der Waals surface area contributed by atoms with Crippen molar-refractivity contribution in [1.29, 1.82) is 0 Å². The number of halogens is 1. The van der Waals surface area contributed by atoms with Crippen LogP contribution in [-0.2, 0) is 66.7 Å². The monoisotopic (exact) mass is 611 g/mol. The number of alkyl halides is 1. The molecule has 0 aromatic carbocycles. The standard InChI is InChI=1S/C22H30BrNO14/c1-9(25)24-16-18(17(35-12(4)28)15(34-11(3)27)8-33-10(2)26)38-22(21(31)32-7,37-14(6)30)20(23)19(16)36-13(5)29/h15-20H,8H2,1-7H3,(H,24,25)/t15-,16+,17-,18-,19-,20+,22-/m1/s1. The summed E-state index contributed by atoms with van der Waals surface area (Å²) in [6.07, 6.45) is -6.57. The Morgan fingerprint density at radius 3 is 1.87 bits per heavy atom. The number of esters is 6. The molecule has 1 aliphatic rings. The second-order valence-corrected chi connectivity index (χ2v) is 9.05.